The summed E-state index contributed by atoms with van der Waals surface area (Å²) in [5.74, 6) is 0.327. The quantitative estimate of drug-likeness (QED) is 0.851. The molecule has 8 heteroatoms. The van der Waals surface area contributed by atoms with Crippen molar-refractivity contribution in [1.82, 2.24) is 15.0 Å². The SMILES string of the molecule is Cc1csc(C(=O)N2CCOC[C@H]2c2ncon2)c1Cl. The van der Waals surface area contributed by atoms with Crippen LogP contribution in [0.2, 0.25) is 5.02 Å². The smallest absolute Gasteiger partial charge is 0.266 e. The largest absolute Gasteiger partial charge is 0.377 e. The third kappa shape index (κ3) is 2.32. The van der Waals surface area contributed by atoms with E-state index in [1.165, 1.54) is 17.7 Å². The Morgan fingerprint density at radius 1 is 1.60 bits per heavy atom. The number of carbonyl (C=O) groups excluding carboxylic acids is 1. The van der Waals surface area contributed by atoms with Gasteiger partial charge in [0.1, 0.15) is 10.9 Å². The van der Waals surface area contributed by atoms with E-state index in [2.05, 4.69) is 10.1 Å². The maximum Gasteiger partial charge on any atom is 0.266 e. The van der Waals surface area contributed by atoms with Crippen molar-refractivity contribution in [3.8, 4) is 0 Å². The van der Waals surface area contributed by atoms with Crippen LogP contribution in [-0.2, 0) is 4.74 Å². The molecule has 3 heterocycles. The first-order valence-corrected chi connectivity index (χ1v) is 7.33. The molecule has 0 N–H and O–H groups in total. The Hall–Kier alpha value is -1.44. The van der Waals surface area contributed by atoms with E-state index >= 15 is 0 Å². The van der Waals surface area contributed by atoms with E-state index < -0.39 is 0 Å². The maximum atomic E-state index is 12.6. The highest BCUT2D eigenvalue weighted by molar-refractivity contribution is 7.13. The van der Waals surface area contributed by atoms with Crippen molar-refractivity contribution >= 4 is 28.8 Å². The van der Waals surface area contributed by atoms with E-state index in [1.54, 1.807) is 4.90 Å². The molecule has 6 nitrogen and oxygen atoms in total. The van der Waals surface area contributed by atoms with E-state index in [0.29, 0.717) is 35.5 Å². The Bertz CT molecular complexity index is 614. The highest BCUT2D eigenvalue weighted by Gasteiger charge is 2.33. The molecule has 1 aliphatic rings. The molecule has 0 bridgehead atoms. The van der Waals surface area contributed by atoms with Crippen molar-refractivity contribution in [3.63, 3.8) is 0 Å². The molecule has 0 radical (unpaired) electrons. The summed E-state index contributed by atoms with van der Waals surface area (Å²) in [5, 5.41) is 6.19. The standard InChI is InChI=1S/C12H12ClN3O3S/c1-7-5-20-10(9(7)13)12(17)16-2-3-18-4-8(16)11-14-6-19-15-11/h5-6,8H,2-4H2,1H3/t8-/m0/s1. The molecular formula is C12H12ClN3O3S. The second-order valence-corrected chi connectivity index (χ2v) is 5.70. The molecule has 2 aromatic rings. The van der Waals surface area contributed by atoms with Gasteiger partial charge in [-0.05, 0) is 17.9 Å². The zero-order valence-corrected chi connectivity index (χ0v) is 12.3. The van der Waals surface area contributed by atoms with Crippen LogP contribution in [0.3, 0.4) is 0 Å². The summed E-state index contributed by atoms with van der Waals surface area (Å²) in [6.45, 7) is 3.20. The predicted octanol–water partition coefficient (Wildman–Crippen LogP) is 2.31. The van der Waals surface area contributed by atoms with Gasteiger partial charge in [0.2, 0.25) is 6.39 Å². The molecule has 1 atom stereocenters. The van der Waals surface area contributed by atoms with Crippen LogP contribution in [0.15, 0.2) is 16.3 Å². The number of hydrogen-bond acceptors (Lipinski definition) is 6. The minimum absolute atomic E-state index is 0.119. The van der Waals surface area contributed by atoms with Crippen LogP contribution >= 0.6 is 22.9 Å². The van der Waals surface area contributed by atoms with Gasteiger partial charge < -0.3 is 14.2 Å². The summed E-state index contributed by atoms with van der Waals surface area (Å²) >= 11 is 7.53. The molecule has 3 rings (SSSR count). The average Bonchev–Trinajstić information content (AvgIpc) is 3.10. The normalized spacial score (nSPS) is 19.3. The highest BCUT2D eigenvalue weighted by Crippen LogP contribution is 2.31. The van der Waals surface area contributed by atoms with Crippen LogP contribution < -0.4 is 0 Å². The highest BCUT2D eigenvalue weighted by atomic mass is 35.5. The lowest BCUT2D eigenvalue weighted by atomic mass is 10.2. The fourth-order valence-corrected chi connectivity index (χ4v) is 3.32. The van der Waals surface area contributed by atoms with E-state index in [9.17, 15) is 4.79 Å². The number of rotatable bonds is 2. The number of aryl methyl sites for hydroxylation is 1. The molecule has 1 fully saturated rings. The summed E-state index contributed by atoms with van der Waals surface area (Å²) in [6.07, 6.45) is 1.24. The van der Waals surface area contributed by atoms with Crippen LogP contribution in [0.4, 0.5) is 0 Å². The van der Waals surface area contributed by atoms with Crippen LogP contribution in [0.5, 0.6) is 0 Å². The van der Waals surface area contributed by atoms with Crippen molar-refractivity contribution in [1.29, 1.82) is 0 Å². The molecule has 2 aromatic heterocycles. The van der Waals surface area contributed by atoms with E-state index in [-0.39, 0.29) is 11.9 Å². The number of amides is 1. The van der Waals surface area contributed by atoms with Crippen molar-refractivity contribution in [3.05, 3.63) is 33.1 Å². The van der Waals surface area contributed by atoms with Crippen LogP contribution in [0.1, 0.15) is 27.1 Å². The first kappa shape index (κ1) is 13.5. The molecule has 0 spiro atoms. The van der Waals surface area contributed by atoms with Gasteiger partial charge >= 0.3 is 0 Å². The number of hydrogen-bond donors (Lipinski definition) is 0. The number of aromatic nitrogens is 2. The van der Waals surface area contributed by atoms with Crippen LogP contribution in [0, 0.1) is 6.92 Å². The van der Waals surface area contributed by atoms with E-state index in [0.717, 1.165) is 5.56 Å². The topological polar surface area (TPSA) is 68.5 Å². The molecule has 0 aliphatic carbocycles. The number of halogens is 1. The van der Waals surface area contributed by atoms with Crippen molar-refractivity contribution in [2.75, 3.05) is 19.8 Å². The molecular weight excluding hydrogens is 302 g/mol. The van der Waals surface area contributed by atoms with Gasteiger partial charge in [-0.3, -0.25) is 4.79 Å². The molecule has 1 saturated heterocycles. The first-order chi connectivity index (χ1) is 9.68. The van der Waals surface area contributed by atoms with Gasteiger partial charge in [-0.15, -0.1) is 11.3 Å². The van der Waals surface area contributed by atoms with Crippen LogP contribution in [0.25, 0.3) is 0 Å². The lowest BCUT2D eigenvalue weighted by molar-refractivity contribution is -0.00550. The van der Waals surface area contributed by atoms with Gasteiger partial charge in [-0.2, -0.15) is 4.98 Å². The molecule has 0 saturated carbocycles. The Balaban J connectivity index is 1.90. The first-order valence-electron chi connectivity index (χ1n) is 6.07. The fourth-order valence-electron chi connectivity index (χ4n) is 2.09. The van der Waals surface area contributed by atoms with Gasteiger partial charge in [-0.1, -0.05) is 16.8 Å². The number of morpholine rings is 1. The van der Waals surface area contributed by atoms with Crippen LogP contribution in [-0.4, -0.2) is 40.7 Å². The second-order valence-electron chi connectivity index (χ2n) is 4.44. The lowest BCUT2D eigenvalue weighted by Crippen LogP contribution is -2.43. The number of nitrogens with zero attached hydrogens (tertiary/aromatic N) is 3. The van der Waals surface area contributed by atoms with E-state index in [1.807, 2.05) is 12.3 Å². The van der Waals surface area contributed by atoms with Gasteiger partial charge in [0.05, 0.1) is 18.2 Å². The molecule has 20 heavy (non-hydrogen) atoms. The maximum absolute atomic E-state index is 12.6. The molecule has 0 aromatic carbocycles. The minimum Gasteiger partial charge on any atom is -0.377 e. The lowest BCUT2D eigenvalue weighted by Gasteiger charge is -2.33. The summed E-state index contributed by atoms with van der Waals surface area (Å²) in [4.78, 5) is 18.9. The number of thiophene rings is 1. The van der Waals surface area contributed by atoms with Crippen molar-refractivity contribution in [2.24, 2.45) is 0 Å². The summed E-state index contributed by atoms with van der Waals surface area (Å²) in [5.41, 5.74) is 0.907. The van der Waals surface area contributed by atoms with Gasteiger partial charge in [0, 0.05) is 6.54 Å². The van der Waals surface area contributed by atoms with Crippen molar-refractivity contribution in [2.45, 2.75) is 13.0 Å². The van der Waals surface area contributed by atoms with Gasteiger partial charge in [0.25, 0.3) is 5.91 Å². The Labute approximate surface area is 124 Å². The molecule has 106 valence electrons. The third-order valence-corrected chi connectivity index (χ3v) is 4.84. The Kier molecular flexibility index (Phi) is 3.73. The Morgan fingerprint density at radius 2 is 2.45 bits per heavy atom. The zero-order chi connectivity index (χ0) is 14.1. The third-order valence-electron chi connectivity index (χ3n) is 3.16. The minimum atomic E-state index is -0.339. The summed E-state index contributed by atoms with van der Waals surface area (Å²) in [6, 6.07) is -0.339. The van der Waals surface area contributed by atoms with Crippen molar-refractivity contribution < 1.29 is 14.1 Å². The fraction of sp³-hybridized carbons (Fsp3) is 0.417. The van der Waals surface area contributed by atoms with E-state index in [4.69, 9.17) is 20.9 Å². The average molecular weight is 314 g/mol. The molecule has 1 amide bonds. The van der Waals surface area contributed by atoms with Gasteiger partial charge in [-0.25, -0.2) is 0 Å². The number of ether oxygens (including phenoxy) is 1. The zero-order valence-electron chi connectivity index (χ0n) is 10.7. The molecule has 0 unspecified atom stereocenters. The molecule has 1 aliphatic heterocycles. The summed E-state index contributed by atoms with van der Waals surface area (Å²) < 4.78 is 10.2. The second kappa shape index (κ2) is 5.51. The Morgan fingerprint density at radius 3 is 3.10 bits per heavy atom. The predicted molar refractivity (Wildman–Crippen MR) is 73.0 cm³/mol. The summed E-state index contributed by atoms with van der Waals surface area (Å²) in [7, 11) is 0. The van der Waals surface area contributed by atoms with Gasteiger partial charge in [0.15, 0.2) is 5.82 Å². The number of carbonyl (C=O) groups is 1. The monoisotopic (exact) mass is 313 g/mol.